The number of rotatable bonds is 4. The van der Waals surface area contributed by atoms with Gasteiger partial charge in [0.15, 0.2) is 0 Å². The van der Waals surface area contributed by atoms with Crippen LogP contribution < -0.4 is 10.9 Å². The van der Waals surface area contributed by atoms with Gasteiger partial charge in [0.1, 0.15) is 0 Å². The third kappa shape index (κ3) is 4.74. The highest BCUT2D eigenvalue weighted by Crippen LogP contribution is 2.32. The summed E-state index contributed by atoms with van der Waals surface area (Å²) >= 11 is 0. The fraction of sp³-hybridized carbons (Fsp3) is 0.682. The van der Waals surface area contributed by atoms with E-state index in [-0.39, 0.29) is 0 Å². The number of carbonyl (C=O) groups is 1. The lowest BCUT2D eigenvalue weighted by Crippen LogP contribution is -2.48. The lowest BCUT2D eigenvalue weighted by molar-refractivity contribution is -0.133. The first-order valence-electron chi connectivity index (χ1n) is 10.9. The molecule has 6 nitrogen and oxygen atoms in total. The number of hydrogen-bond donors (Lipinski definition) is 2. The number of nitrogens with one attached hydrogen (secondary N) is 2. The number of piperidine rings is 1. The van der Waals surface area contributed by atoms with Crippen molar-refractivity contribution < 1.29 is 4.79 Å². The number of likely N-dealkylation sites (N-methyl/N-ethyl adjacent to an activating group) is 1. The lowest BCUT2D eigenvalue weighted by Gasteiger charge is -2.37. The molecule has 3 saturated heterocycles. The maximum absolute atomic E-state index is 12.8. The first-order chi connectivity index (χ1) is 13.7. The Morgan fingerprint density at radius 2 is 1.82 bits per heavy atom. The predicted molar refractivity (Wildman–Crippen MR) is 112 cm³/mol. The van der Waals surface area contributed by atoms with Gasteiger partial charge in [-0.2, -0.15) is 0 Å². The summed E-state index contributed by atoms with van der Waals surface area (Å²) in [5.41, 5.74) is 8.32. The van der Waals surface area contributed by atoms with E-state index in [4.69, 9.17) is 0 Å². The molecule has 3 aliphatic heterocycles. The molecule has 28 heavy (non-hydrogen) atoms. The van der Waals surface area contributed by atoms with E-state index in [1.54, 1.807) is 0 Å². The quantitative estimate of drug-likeness (QED) is 0.814. The Balaban J connectivity index is 1.27. The van der Waals surface area contributed by atoms with Gasteiger partial charge in [-0.25, -0.2) is 0 Å². The molecule has 6 heteroatoms. The third-order valence-corrected chi connectivity index (χ3v) is 6.82. The van der Waals surface area contributed by atoms with Crippen molar-refractivity contribution in [3.05, 3.63) is 35.9 Å². The molecule has 2 atom stereocenters. The number of hydrazine groups is 1. The number of benzene rings is 1. The highest BCUT2D eigenvalue weighted by atomic mass is 16.2. The van der Waals surface area contributed by atoms with Crippen molar-refractivity contribution in [2.45, 2.75) is 31.2 Å². The molecule has 0 aliphatic carbocycles. The molecule has 2 N–H and O–H groups in total. The molecular formula is C22H35N5O. The van der Waals surface area contributed by atoms with Crippen LogP contribution in [-0.2, 0) is 4.79 Å². The van der Waals surface area contributed by atoms with Crippen molar-refractivity contribution in [3.8, 4) is 0 Å². The number of carbonyl (C=O) groups excluding carboxylic acids is 1. The Morgan fingerprint density at radius 3 is 2.61 bits per heavy atom. The summed E-state index contributed by atoms with van der Waals surface area (Å²) in [6, 6.07) is 11.3. The maximum Gasteiger partial charge on any atom is 0.236 e. The summed E-state index contributed by atoms with van der Waals surface area (Å²) in [6.45, 7) is 7.63. The van der Waals surface area contributed by atoms with Crippen LogP contribution in [0.1, 0.15) is 30.7 Å². The zero-order valence-electron chi connectivity index (χ0n) is 17.1. The van der Waals surface area contributed by atoms with Gasteiger partial charge in [-0.1, -0.05) is 30.3 Å². The van der Waals surface area contributed by atoms with Crippen molar-refractivity contribution >= 4 is 5.91 Å². The van der Waals surface area contributed by atoms with Crippen LogP contribution in [0.4, 0.5) is 0 Å². The van der Waals surface area contributed by atoms with E-state index in [1.807, 2.05) is 0 Å². The van der Waals surface area contributed by atoms with Gasteiger partial charge >= 0.3 is 0 Å². The summed E-state index contributed by atoms with van der Waals surface area (Å²) < 4.78 is 0. The molecule has 0 aromatic heterocycles. The van der Waals surface area contributed by atoms with Crippen molar-refractivity contribution in [3.63, 3.8) is 0 Å². The summed E-state index contributed by atoms with van der Waals surface area (Å²) in [6.07, 6.45) is 3.35. The molecule has 2 unspecified atom stereocenters. The fourth-order valence-corrected chi connectivity index (χ4v) is 5.04. The van der Waals surface area contributed by atoms with Crippen LogP contribution in [-0.4, -0.2) is 86.1 Å². The summed E-state index contributed by atoms with van der Waals surface area (Å²) in [5, 5.41) is 0. The van der Waals surface area contributed by atoms with Crippen molar-refractivity contribution in [2.24, 2.45) is 5.92 Å². The molecule has 3 aliphatic rings. The molecule has 0 saturated carbocycles. The lowest BCUT2D eigenvalue weighted by atomic mass is 9.80. The highest BCUT2D eigenvalue weighted by Gasteiger charge is 2.36. The summed E-state index contributed by atoms with van der Waals surface area (Å²) in [4.78, 5) is 19.6. The average molecular weight is 386 g/mol. The first-order valence-corrected chi connectivity index (χ1v) is 10.9. The third-order valence-electron chi connectivity index (χ3n) is 6.82. The van der Waals surface area contributed by atoms with Crippen molar-refractivity contribution in [2.75, 3.05) is 59.4 Å². The number of hydrogen-bond acceptors (Lipinski definition) is 5. The molecule has 3 heterocycles. The SMILES string of the molecule is CN1CCCN(CC(=O)N2CCC(C3NNCC3c3ccccc3)CC2)CC1. The minimum Gasteiger partial charge on any atom is -0.342 e. The van der Waals surface area contributed by atoms with Gasteiger partial charge < -0.3 is 9.80 Å². The molecule has 0 radical (unpaired) electrons. The van der Waals surface area contributed by atoms with Crippen LogP contribution in [0, 0.1) is 5.92 Å². The first kappa shape index (κ1) is 19.8. The van der Waals surface area contributed by atoms with Crippen LogP contribution >= 0.6 is 0 Å². The summed E-state index contributed by atoms with van der Waals surface area (Å²) in [5.74, 6) is 1.46. The van der Waals surface area contributed by atoms with E-state index in [9.17, 15) is 4.79 Å². The summed E-state index contributed by atoms with van der Waals surface area (Å²) in [7, 11) is 2.17. The zero-order valence-corrected chi connectivity index (χ0v) is 17.1. The van der Waals surface area contributed by atoms with E-state index in [2.05, 4.69) is 62.9 Å². The molecule has 3 fully saturated rings. The minimum absolute atomic E-state index is 0.320. The minimum atomic E-state index is 0.320. The van der Waals surface area contributed by atoms with Crippen LogP contribution in [0.2, 0.25) is 0 Å². The molecule has 1 aromatic carbocycles. The Hall–Kier alpha value is -1.47. The van der Waals surface area contributed by atoms with Crippen LogP contribution in [0.15, 0.2) is 30.3 Å². The number of amides is 1. The number of likely N-dealkylation sites (tertiary alicyclic amines) is 1. The Morgan fingerprint density at radius 1 is 1.04 bits per heavy atom. The Bertz CT molecular complexity index is 631. The van der Waals surface area contributed by atoms with Gasteiger partial charge in [0.05, 0.1) is 6.54 Å². The van der Waals surface area contributed by atoms with Crippen LogP contribution in [0.5, 0.6) is 0 Å². The normalized spacial score (nSPS) is 28.4. The van der Waals surface area contributed by atoms with Gasteiger partial charge in [0.2, 0.25) is 5.91 Å². The molecule has 154 valence electrons. The predicted octanol–water partition coefficient (Wildman–Crippen LogP) is 1.12. The van der Waals surface area contributed by atoms with Crippen LogP contribution in [0.3, 0.4) is 0 Å². The second kappa shape index (κ2) is 9.35. The maximum atomic E-state index is 12.8. The monoisotopic (exact) mass is 385 g/mol. The Labute approximate surface area is 169 Å². The highest BCUT2D eigenvalue weighted by molar-refractivity contribution is 5.78. The molecular weight excluding hydrogens is 350 g/mol. The smallest absolute Gasteiger partial charge is 0.236 e. The van der Waals surface area contributed by atoms with E-state index in [0.717, 1.165) is 65.1 Å². The van der Waals surface area contributed by atoms with E-state index >= 15 is 0 Å². The topological polar surface area (TPSA) is 50.9 Å². The van der Waals surface area contributed by atoms with Gasteiger partial charge in [-0.15, -0.1) is 0 Å². The zero-order chi connectivity index (χ0) is 19.3. The average Bonchev–Trinajstić information content (AvgIpc) is 3.13. The second-order valence-corrected chi connectivity index (χ2v) is 8.72. The van der Waals surface area contributed by atoms with Crippen molar-refractivity contribution in [1.29, 1.82) is 0 Å². The van der Waals surface area contributed by atoms with Gasteiger partial charge in [-0.3, -0.25) is 20.5 Å². The molecule has 4 rings (SSSR count). The fourth-order valence-electron chi connectivity index (χ4n) is 5.04. The molecule has 0 bridgehead atoms. The standard InChI is InChI=1S/C22H35N5O/c1-25-10-5-11-26(15-14-25)17-21(28)27-12-8-19(9-13-27)22-20(16-23-24-22)18-6-3-2-4-7-18/h2-4,6-7,19-20,22-24H,5,8-17H2,1H3. The Kier molecular flexibility index (Phi) is 6.62. The van der Waals surface area contributed by atoms with Gasteiger partial charge in [-0.05, 0) is 50.9 Å². The van der Waals surface area contributed by atoms with Gasteiger partial charge in [0, 0.05) is 44.7 Å². The molecule has 0 spiro atoms. The molecule has 1 amide bonds. The second-order valence-electron chi connectivity index (χ2n) is 8.72. The van der Waals surface area contributed by atoms with Gasteiger partial charge in [0.25, 0.3) is 0 Å². The van der Waals surface area contributed by atoms with E-state index in [0.29, 0.717) is 30.3 Å². The van der Waals surface area contributed by atoms with E-state index < -0.39 is 0 Å². The number of nitrogens with zero attached hydrogens (tertiary/aromatic N) is 3. The largest absolute Gasteiger partial charge is 0.342 e. The van der Waals surface area contributed by atoms with Crippen molar-refractivity contribution in [1.82, 2.24) is 25.6 Å². The van der Waals surface area contributed by atoms with Crippen LogP contribution in [0.25, 0.3) is 0 Å². The molecule has 1 aromatic rings. The van der Waals surface area contributed by atoms with E-state index in [1.165, 1.54) is 5.56 Å².